The van der Waals surface area contributed by atoms with Gasteiger partial charge >= 0.3 is 17.9 Å². The van der Waals surface area contributed by atoms with Crippen LogP contribution in [-0.4, -0.2) is 37.2 Å². The summed E-state index contributed by atoms with van der Waals surface area (Å²) in [4.78, 5) is 37.8. The number of unbranched alkanes of at least 4 members (excludes halogenated alkanes) is 41. The summed E-state index contributed by atoms with van der Waals surface area (Å²) < 4.78 is 16.7. The normalized spacial score (nSPS) is 12.2. The van der Waals surface area contributed by atoms with Gasteiger partial charge in [-0.05, 0) is 77.0 Å². The smallest absolute Gasteiger partial charge is 0.306 e. The Balaban J connectivity index is 3.88. The van der Waals surface area contributed by atoms with E-state index in [1.54, 1.807) is 0 Å². The average molecular weight is 998 g/mol. The van der Waals surface area contributed by atoms with E-state index >= 15 is 0 Å². The molecule has 0 fully saturated rings. The van der Waals surface area contributed by atoms with Gasteiger partial charge in [-0.25, -0.2) is 0 Å². The summed E-state index contributed by atoms with van der Waals surface area (Å²) in [5, 5.41) is 0. The van der Waals surface area contributed by atoms with Crippen LogP contribution in [-0.2, 0) is 28.6 Å². The lowest BCUT2D eigenvalue weighted by atomic mass is 10.0. The Hall–Kier alpha value is -2.37. The highest BCUT2D eigenvalue weighted by Crippen LogP contribution is 2.17. The van der Waals surface area contributed by atoms with Crippen LogP contribution in [0.3, 0.4) is 0 Å². The van der Waals surface area contributed by atoms with Crippen molar-refractivity contribution in [3.05, 3.63) is 36.5 Å². The molecule has 1 atom stereocenters. The van der Waals surface area contributed by atoms with Crippen molar-refractivity contribution < 1.29 is 28.6 Å². The van der Waals surface area contributed by atoms with Gasteiger partial charge in [0.2, 0.25) is 0 Å². The lowest BCUT2D eigenvalue weighted by Gasteiger charge is -2.18. The number of rotatable bonds is 58. The lowest BCUT2D eigenvalue weighted by Crippen LogP contribution is -2.30. The predicted molar refractivity (Wildman–Crippen MR) is 307 cm³/mol. The molecule has 0 aromatic heterocycles. The molecule has 0 spiro atoms. The zero-order valence-electron chi connectivity index (χ0n) is 47.8. The van der Waals surface area contributed by atoms with Crippen molar-refractivity contribution in [2.75, 3.05) is 13.2 Å². The highest BCUT2D eigenvalue weighted by molar-refractivity contribution is 5.71. The minimum Gasteiger partial charge on any atom is -0.462 e. The van der Waals surface area contributed by atoms with Crippen molar-refractivity contribution in [2.24, 2.45) is 0 Å². The first-order valence-corrected chi connectivity index (χ1v) is 31.5. The molecule has 6 heteroatoms. The van der Waals surface area contributed by atoms with Crippen molar-refractivity contribution in [1.82, 2.24) is 0 Å². The fourth-order valence-electron chi connectivity index (χ4n) is 9.35. The Kier molecular flexibility index (Phi) is 58.2. The molecule has 416 valence electrons. The van der Waals surface area contributed by atoms with Crippen LogP contribution in [0.4, 0.5) is 0 Å². The van der Waals surface area contributed by atoms with Crippen LogP contribution in [0.2, 0.25) is 0 Å². The van der Waals surface area contributed by atoms with Gasteiger partial charge in [-0.2, -0.15) is 0 Å². The van der Waals surface area contributed by atoms with E-state index in [1.165, 1.54) is 225 Å². The first-order chi connectivity index (χ1) is 35.0. The maximum absolute atomic E-state index is 12.8. The molecule has 0 saturated heterocycles. The highest BCUT2D eigenvalue weighted by atomic mass is 16.6. The second-order valence-corrected chi connectivity index (χ2v) is 21.3. The molecule has 0 aromatic carbocycles. The molecule has 1 unspecified atom stereocenters. The molecule has 0 aliphatic rings. The molecular weight excluding hydrogens is 877 g/mol. The van der Waals surface area contributed by atoms with E-state index in [1.807, 2.05) is 0 Å². The number of hydrogen-bond acceptors (Lipinski definition) is 6. The van der Waals surface area contributed by atoms with E-state index in [9.17, 15) is 14.4 Å². The summed E-state index contributed by atoms with van der Waals surface area (Å²) in [5.74, 6) is -0.877. The van der Waals surface area contributed by atoms with Crippen molar-refractivity contribution in [1.29, 1.82) is 0 Å². The summed E-state index contributed by atoms with van der Waals surface area (Å²) in [7, 11) is 0. The zero-order valence-corrected chi connectivity index (χ0v) is 47.8. The molecule has 0 aliphatic carbocycles. The number of hydrogen-bond donors (Lipinski definition) is 0. The van der Waals surface area contributed by atoms with Crippen molar-refractivity contribution in [3.8, 4) is 0 Å². The maximum Gasteiger partial charge on any atom is 0.306 e. The van der Waals surface area contributed by atoms with E-state index in [-0.39, 0.29) is 31.1 Å². The summed E-state index contributed by atoms with van der Waals surface area (Å²) in [6, 6.07) is 0. The average Bonchev–Trinajstić information content (AvgIpc) is 3.37. The summed E-state index contributed by atoms with van der Waals surface area (Å²) in [5.41, 5.74) is 0. The minimum atomic E-state index is -0.769. The van der Waals surface area contributed by atoms with Crippen molar-refractivity contribution in [3.63, 3.8) is 0 Å². The first-order valence-electron chi connectivity index (χ1n) is 31.5. The van der Waals surface area contributed by atoms with E-state index in [2.05, 4.69) is 57.2 Å². The molecule has 0 bridgehead atoms. The molecule has 0 N–H and O–H groups in total. The van der Waals surface area contributed by atoms with Gasteiger partial charge in [0, 0.05) is 19.3 Å². The van der Waals surface area contributed by atoms with Gasteiger partial charge in [0.25, 0.3) is 0 Å². The van der Waals surface area contributed by atoms with E-state index < -0.39 is 6.10 Å². The monoisotopic (exact) mass is 997 g/mol. The van der Waals surface area contributed by atoms with E-state index in [0.29, 0.717) is 19.3 Å². The fourth-order valence-corrected chi connectivity index (χ4v) is 9.35. The molecular formula is C65H120O6. The fraction of sp³-hybridized carbons (Fsp3) is 0.862. The van der Waals surface area contributed by atoms with Gasteiger partial charge in [-0.1, -0.05) is 282 Å². The molecule has 0 heterocycles. The maximum atomic E-state index is 12.8. The third-order valence-corrected chi connectivity index (χ3v) is 14.1. The third-order valence-electron chi connectivity index (χ3n) is 14.1. The second kappa shape index (κ2) is 60.2. The van der Waals surface area contributed by atoms with Crippen LogP contribution in [0.25, 0.3) is 0 Å². The van der Waals surface area contributed by atoms with Gasteiger partial charge in [-0.3, -0.25) is 14.4 Å². The van der Waals surface area contributed by atoms with Gasteiger partial charge in [0.1, 0.15) is 13.2 Å². The lowest BCUT2D eigenvalue weighted by molar-refractivity contribution is -0.167. The number of ether oxygens (including phenoxy) is 3. The van der Waals surface area contributed by atoms with Gasteiger partial charge < -0.3 is 14.2 Å². The molecule has 6 nitrogen and oxygen atoms in total. The molecule has 0 radical (unpaired) electrons. The molecule has 71 heavy (non-hydrogen) atoms. The largest absolute Gasteiger partial charge is 0.462 e. The Bertz CT molecular complexity index is 1190. The Morgan fingerprint density at radius 3 is 0.789 bits per heavy atom. The zero-order chi connectivity index (χ0) is 51.4. The molecule has 0 saturated carbocycles. The number of carbonyl (C=O) groups is 3. The van der Waals surface area contributed by atoms with Crippen LogP contribution in [0.5, 0.6) is 0 Å². The Morgan fingerprint density at radius 2 is 0.507 bits per heavy atom. The minimum absolute atomic E-state index is 0.0715. The van der Waals surface area contributed by atoms with Gasteiger partial charge in [0.15, 0.2) is 6.10 Å². The highest BCUT2D eigenvalue weighted by Gasteiger charge is 2.19. The molecule has 0 aromatic rings. The second-order valence-electron chi connectivity index (χ2n) is 21.3. The molecule has 0 amide bonds. The standard InChI is InChI=1S/C65H120O6/c1-4-7-10-13-15-17-19-21-23-24-25-26-27-28-29-30-31-32-33-34-35-36-37-38-39-40-42-43-45-47-49-52-55-58-64(67)70-61-62(60-69-63(66)57-54-51-12-9-6-3)71-65(68)59-56-53-50-48-46-44-41-22-20-18-16-14-11-8-5-2/h19,21-22,24-25,41,62H,4-18,20,23,26-40,42-61H2,1-3H3/b21-19-,25-24-,41-22-. The van der Waals surface area contributed by atoms with Gasteiger partial charge in [0.05, 0.1) is 0 Å². The molecule has 0 rings (SSSR count). The Labute approximate surface area is 442 Å². The number of esters is 3. The summed E-state index contributed by atoms with van der Waals surface area (Å²) >= 11 is 0. The predicted octanol–water partition coefficient (Wildman–Crippen LogP) is 21.2. The van der Waals surface area contributed by atoms with Crippen LogP contribution in [0.1, 0.15) is 342 Å². The van der Waals surface area contributed by atoms with Crippen LogP contribution in [0, 0.1) is 0 Å². The van der Waals surface area contributed by atoms with Crippen molar-refractivity contribution in [2.45, 2.75) is 348 Å². The van der Waals surface area contributed by atoms with Crippen LogP contribution in [0.15, 0.2) is 36.5 Å². The summed E-state index contributed by atoms with van der Waals surface area (Å²) in [6.07, 6.45) is 73.6. The number of carbonyl (C=O) groups excluding carboxylic acids is 3. The third kappa shape index (κ3) is 58.4. The quantitative estimate of drug-likeness (QED) is 0.0261. The van der Waals surface area contributed by atoms with E-state index in [0.717, 1.165) is 77.0 Å². The molecule has 0 aliphatic heterocycles. The van der Waals surface area contributed by atoms with Crippen LogP contribution >= 0.6 is 0 Å². The Morgan fingerprint density at radius 1 is 0.282 bits per heavy atom. The first kappa shape index (κ1) is 68.6. The topological polar surface area (TPSA) is 78.9 Å². The van der Waals surface area contributed by atoms with Crippen molar-refractivity contribution >= 4 is 17.9 Å². The SMILES string of the molecule is CCCCCCC/C=C\C/C=C\CCCCCCCCCCCCCCCCCCCCCCCC(=O)OCC(COC(=O)CCCCCCC)OC(=O)CCCCCCC/C=C\CCCCCCCC. The summed E-state index contributed by atoms with van der Waals surface area (Å²) in [6.45, 7) is 6.57. The van der Waals surface area contributed by atoms with Gasteiger partial charge in [-0.15, -0.1) is 0 Å². The van der Waals surface area contributed by atoms with Crippen LogP contribution < -0.4 is 0 Å². The number of allylic oxidation sites excluding steroid dienone is 6. The van der Waals surface area contributed by atoms with E-state index in [4.69, 9.17) is 14.2 Å².